The molecule has 0 fully saturated rings. The highest BCUT2D eigenvalue weighted by molar-refractivity contribution is 6.28. The third-order valence-corrected chi connectivity index (χ3v) is 14.3. The highest BCUT2D eigenvalue weighted by atomic mass is 15.2. The molecule has 0 aliphatic carbocycles. The van der Waals surface area contributed by atoms with E-state index in [-0.39, 0.29) is 0 Å². The predicted octanol–water partition coefficient (Wildman–Crippen LogP) is 19.8. The largest absolute Gasteiger partial charge is 0.311 e. The second-order valence-electron chi connectivity index (χ2n) is 19.6. The van der Waals surface area contributed by atoms with Crippen molar-refractivity contribution in [2.24, 2.45) is 0 Å². The zero-order chi connectivity index (χ0) is 50.5. The molecule has 4 nitrogen and oxygen atoms in total. The smallest absolute Gasteiger partial charge is 0.189 e. The SMILES string of the molecule is [C-]#[N+]c1cccc(N(c2cc(-c3cccc(C)c3)cc(-c3cccc(C)c3)c2)c2ccc3ccc4c(N(c5cccc(C#N)c5)c5cc(-c6cccc(C)c6)cc(-c6cccc(C)c6)c5)ccc5ccc2c3c54)c1. The van der Waals surface area contributed by atoms with Crippen LogP contribution in [0, 0.1) is 45.6 Å². The van der Waals surface area contributed by atoms with Gasteiger partial charge in [0.25, 0.3) is 0 Å². The van der Waals surface area contributed by atoms with Gasteiger partial charge in [0.2, 0.25) is 0 Å². The highest BCUT2D eigenvalue weighted by Crippen LogP contribution is 2.49. The molecule has 0 bridgehead atoms. The van der Waals surface area contributed by atoms with E-state index in [1.165, 1.54) is 22.3 Å². The Morgan fingerprint density at radius 2 is 0.730 bits per heavy atom. The Labute approximate surface area is 433 Å². The van der Waals surface area contributed by atoms with Crippen LogP contribution in [-0.4, -0.2) is 0 Å². The van der Waals surface area contributed by atoms with Crippen LogP contribution in [0.1, 0.15) is 27.8 Å². The van der Waals surface area contributed by atoms with Crippen molar-refractivity contribution in [1.82, 2.24) is 0 Å². The molecule has 74 heavy (non-hydrogen) atoms. The van der Waals surface area contributed by atoms with Crippen LogP contribution < -0.4 is 9.80 Å². The van der Waals surface area contributed by atoms with Crippen LogP contribution in [0.25, 0.3) is 81.7 Å². The Morgan fingerprint density at radius 1 is 0.351 bits per heavy atom. The quantitative estimate of drug-likeness (QED) is 0.101. The van der Waals surface area contributed by atoms with Crippen molar-refractivity contribution in [3.05, 3.63) is 270 Å². The summed E-state index contributed by atoms with van der Waals surface area (Å²) in [6.45, 7) is 16.7. The molecule has 0 unspecified atom stereocenters. The molecule has 4 heteroatoms. The predicted molar refractivity (Wildman–Crippen MR) is 311 cm³/mol. The average molecular weight is 947 g/mol. The van der Waals surface area contributed by atoms with E-state index in [4.69, 9.17) is 6.57 Å². The third-order valence-electron chi connectivity index (χ3n) is 14.3. The Kier molecular flexibility index (Phi) is 11.5. The third kappa shape index (κ3) is 8.45. The lowest BCUT2D eigenvalue weighted by Gasteiger charge is -2.30. The Hall–Kier alpha value is -9.74. The molecular formula is C70H50N4. The van der Waals surface area contributed by atoms with E-state index in [1.54, 1.807) is 0 Å². The Balaban J connectivity index is 1.12. The summed E-state index contributed by atoms with van der Waals surface area (Å²) in [5.74, 6) is 0. The van der Waals surface area contributed by atoms with Gasteiger partial charge in [0.05, 0.1) is 29.6 Å². The maximum atomic E-state index is 10.3. The maximum Gasteiger partial charge on any atom is 0.189 e. The van der Waals surface area contributed by atoms with Gasteiger partial charge in [0, 0.05) is 33.5 Å². The molecular weight excluding hydrogens is 897 g/mol. The molecule has 0 N–H and O–H groups in total. The number of anilines is 6. The lowest BCUT2D eigenvalue weighted by molar-refractivity contribution is 1.29. The molecule has 350 valence electrons. The van der Waals surface area contributed by atoms with Gasteiger partial charge < -0.3 is 9.80 Å². The lowest BCUT2D eigenvalue weighted by atomic mass is 9.91. The van der Waals surface area contributed by atoms with E-state index in [9.17, 15) is 5.26 Å². The normalized spacial score (nSPS) is 11.2. The van der Waals surface area contributed by atoms with Crippen molar-refractivity contribution in [1.29, 1.82) is 5.26 Å². The standard InChI is InChI=1S/C70H50N4/c1-45-12-6-17-52(32-45)56-37-57(53-18-7-13-46(2)33-53)40-63(39-56)73(61-22-10-16-49(36-61)44-71)67-30-26-50-25-29-66-68(31-27-51-24-28-65(67)69(50)70(51)66)74(62-23-11-21-60(43-62)72-5)64-41-58(54-19-8-14-47(3)34-54)38-59(42-64)55-20-9-15-48(4)35-55/h6-43H,1-4H3. The van der Waals surface area contributed by atoms with Crippen molar-refractivity contribution < 1.29 is 0 Å². The fourth-order valence-corrected chi connectivity index (χ4v) is 10.9. The first-order valence-electron chi connectivity index (χ1n) is 25.0. The van der Waals surface area contributed by atoms with Crippen LogP contribution in [0.4, 0.5) is 39.8 Å². The number of hydrogen-bond donors (Lipinski definition) is 0. The summed E-state index contributed by atoms with van der Waals surface area (Å²) in [7, 11) is 0. The first-order chi connectivity index (χ1) is 36.2. The van der Waals surface area contributed by atoms with Crippen molar-refractivity contribution in [2.75, 3.05) is 9.80 Å². The summed E-state index contributed by atoms with van der Waals surface area (Å²) in [4.78, 5) is 8.59. The summed E-state index contributed by atoms with van der Waals surface area (Å²) in [5.41, 5.74) is 20.6. The summed E-state index contributed by atoms with van der Waals surface area (Å²) >= 11 is 0. The zero-order valence-electron chi connectivity index (χ0n) is 41.7. The Bertz CT molecular complexity index is 3840. The van der Waals surface area contributed by atoms with Crippen LogP contribution in [0.2, 0.25) is 0 Å². The van der Waals surface area contributed by atoms with Gasteiger partial charge in [-0.3, -0.25) is 0 Å². The van der Waals surface area contributed by atoms with Gasteiger partial charge in [-0.05, 0) is 173 Å². The minimum Gasteiger partial charge on any atom is -0.311 e. The van der Waals surface area contributed by atoms with Gasteiger partial charge in [-0.1, -0.05) is 174 Å². The number of nitrogens with zero attached hydrogens (tertiary/aromatic N) is 4. The Morgan fingerprint density at radius 3 is 1.12 bits per heavy atom. The molecule has 0 amide bonds. The zero-order valence-corrected chi connectivity index (χ0v) is 41.7. The molecule has 0 aromatic heterocycles. The fraction of sp³-hybridized carbons (Fsp3) is 0.0571. The van der Waals surface area contributed by atoms with Gasteiger partial charge in [0.1, 0.15) is 0 Å². The molecule has 12 aromatic rings. The minimum absolute atomic E-state index is 0.571. The molecule has 0 saturated carbocycles. The van der Waals surface area contributed by atoms with Crippen LogP contribution in [0.5, 0.6) is 0 Å². The molecule has 0 aliphatic heterocycles. The van der Waals surface area contributed by atoms with Crippen LogP contribution in [0.3, 0.4) is 0 Å². The van der Waals surface area contributed by atoms with Crippen molar-refractivity contribution in [2.45, 2.75) is 27.7 Å². The molecule has 0 radical (unpaired) electrons. The second kappa shape index (κ2) is 18.8. The number of benzene rings is 12. The first kappa shape index (κ1) is 45.4. The molecule has 0 spiro atoms. The van der Waals surface area contributed by atoms with Crippen molar-refractivity contribution >= 4 is 72.1 Å². The number of hydrogen-bond acceptors (Lipinski definition) is 3. The van der Waals surface area contributed by atoms with Gasteiger partial charge >= 0.3 is 0 Å². The fourth-order valence-electron chi connectivity index (χ4n) is 10.9. The van der Waals surface area contributed by atoms with Gasteiger partial charge in [-0.25, -0.2) is 4.85 Å². The van der Waals surface area contributed by atoms with Crippen molar-refractivity contribution in [3.63, 3.8) is 0 Å². The van der Waals surface area contributed by atoms with Gasteiger partial charge in [-0.15, -0.1) is 0 Å². The monoisotopic (exact) mass is 946 g/mol. The lowest BCUT2D eigenvalue weighted by Crippen LogP contribution is -2.12. The molecule has 0 heterocycles. The van der Waals surface area contributed by atoms with Crippen LogP contribution in [0.15, 0.2) is 231 Å². The number of rotatable bonds is 10. The van der Waals surface area contributed by atoms with Crippen molar-refractivity contribution in [3.8, 4) is 50.6 Å². The maximum absolute atomic E-state index is 10.3. The minimum atomic E-state index is 0.571. The summed E-state index contributed by atoms with van der Waals surface area (Å²) in [6, 6.07) is 84.9. The first-order valence-corrected chi connectivity index (χ1v) is 25.0. The van der Waals surface area contributed by atoms with Crippen LogP contribution in [-0.2, 0) is 0 Å². The van der Waals surface area contributed by atoms with E-state index in [0.29, 0.717) is 11.3 Å². The van der Waals surface area contributed by atoms with E-state index in [1.807, 2.05) is 36.4 Å². The molecule has 12 aromatic carbocycles. The van der Waals surface area contributed by atoms with E-state index < -0.39 is 0 Å². The summed E-state index contributed by atoms with van der Waals surface area (Å²) in [5, 5.41) is 17.1. The van der Waals surface area contributed by atoms with Gasteiger partial charge in [-0.2, -0.15) is 5.26 Å². The molecule has 0 aliphatic rings. The second-order valence-corrected chi connectivity index (χ2v) is 19.6. The average Bonchev–Trinajstić information content (AvgIpc) is 3.43. The van der Waals surface area contributed by atoms with E-state index >= 15 is 0 Å². The molecule has 12 rings (SSSR count). The number of aryl methyl sites for hydroxylation is 4. The number of nitriles is 1. The van der Waals surface area contributed by atoms with E-state index in [2.05, 4.69) is 243 Å². The topological polar surface area (TPSA) is 34.6 Å². The van der Waals surface area contributed by atoms with E-state index in [0.717, 1.165) is 111 Å². The summed E-state index contributed by atoms with van der Waals surface area (Å²) in [6.07, 6.45) is 0. The van der Waals surface area contributed by atoms with Crippen LogP contribution >= 0.6 is 0 Å². The van der Waals surface area contributed by atoms with Gasteiger partial charge in [0.15, 0.2) is 5.69 Å². The summed E-state index contributed by atoms with van der Waals surface area (Å²) < 4.78 is 0. The highest BCUT2D eigenvalue weighted by Gasteiger charge is 2.24. The molecule has 0 saturated heterocycles. The molecule has 0 atom stereocenters.